The number of nitrogens with zero attached hydrogens (tertiary/aromatic N) is 2. The molecule has 2 aromatic rings. The van der Waals surface area contributed by atoms with Crippen LogP contribution in [0.2, 0.25) is 0 Å². The van der Waals surface area contributed by atoms with Gasteiger partial charge < -0.3 is 15.2 Å². The number of phenolic OH excluding ortho intramolecular Hbond substituents is 1. The average molecular weight is 261 g/mol. The van der Waals surface area contributed by atoms with Crippen molar-refractivity contribution in [1.82, 2.24) is 15.1 Å². The molecule has 1 aromatic heterocycles. The third-order valence-electron chi connectivity index (χ3n) is 2.93. The summed E-state index contributed by atoms with van der Waals surface area (Å²) >= 11 is 0. The number of aromatic nitrogens is 2. The molecule has 5 nitrogen and oxygen atoms in total. The van der Waals surface area contributed by atoms with Crippen LogP contribution in [-0.2, 0) is 20.0 Å². The highest BCUT2D eigenvalue weighted by molar-refractivity contribution is 5.39. The number of ether oxygens (including phenoxy) is 1. The van der Waals surface area contributed by atoms with Crippen LogP contribution in [-0.4, -0.2) is 28.5 Å². The molecule has 0 spiro atoms. The summed E-state index contributed by atoms with van der Waals surface area (Å²) in [5.41, 5.74) is 1.93. The zero-order valence-corrected chi connectivity index (χ0v) is 11.3. The summed E-state index contributed by atoms with van der Waals surface area (Å²) in [4.78, 5) is 0. The number of hydrogen-bond acceptors (Lipinski definition) is 4. The van der Waals surface area contributed by atoms with E-state index in [-0.39, 0.29) is 5.75 Å². The smallest absolute Gasteiger partial charge is 0.123 e. The van der Waals surface area contributed by atoms with Crippen LogP contribution < -0.4 is 10.1 Å². The maximum atomic E-state index is 9.81. The minimum Gasteiger partial charge on any atom is -0.507 e. The number of rotatable bonds is 6. The molecule has 102 valence electrons. The van der Waals surface area contributed by atoms with Crippen LogP contribution in [0.3, 0.4) is 0 Å². The summed E-state index contributed by atoms with van der Waals surface area (Å²) in [6, 6.07) is 7.33. The van der Waals surface area contributed by atoms with Gasteiger partial charge in [0.15, 0.2) is 0 Å². The molecule has 5 heteroatoms. The maximum Gasteiger partial charge on any atom is 0.123 e. The molecule has 0 saturated carbocycles. The van der Waals surface area contributed by atoms with Gasteiger partial charge in [0.1, 0.15) is 11.5 Å². The van der Waals surface area contributed by atoms with Crippen molar-refractivity contribution < 1.29 is 9.84 Å². The lowest BCUT2D eigenvalue weighted by molar-refractivity contribution is 0.406. The van der Waals surface area contributed by atoms with Gasteiger partial charge in [-0.25, -0.2) is 0 Å². The number of methoxy groups -OCH3 is 1. The van der Waals surface area contributed by atoms with Crippen molar-refractivity contribution in [3.8, 4) is 11.5 Å². The second-order valence-electron chi connectivity index (χ2n) is 4.40. The van der Waals surface area contributed by atoms with Gasteiger partial charge in [0.05, 0.1) is 12.8 Å². The first-order chi connectivity index (χ1) is 9.19. The van der Waals surface area contributed by atoms with Crippen LogP contribution in [0.25, 0.3) is 0 Å². The Labute approximate surface area is 112 Å². The summed E-state index contributed by atoms with van der Waals surface area (Å²) in [5, 5.41) is 17.4. The standard InChI is InChI=1S/C14H19N3O2/c1-17-8-6-12(16-17)5-7-15-10-11-3-4-13(19-2)9-14(11)18/h3-4,6,8-9,15,18H,5,7,10H2,1-2H3. The fourth-order valence-electron chi connectivity index (χ4n) is 1.86. The Balaban J connectivity index is 1.79. The van der Waals surface area contributed by atoms with E-state index in [1.807, 2.05) is 31.4 Å². The second-order valence-corrected chi connectivity index (χ2v) is 4.40. The first-order valence-electron chi connectivity index (χ1n) is 6.24. The summed E-state index contributed by atoms with van der Waals surface area (Å²) in [7, 11) is 3.49. The van der Waals surface area contributed by atoms with Gasteiger partial charge in [0, 0.05) is 44.4 Å². The Bertz CT molecular complexity index is 537. The zero-order chi connectivity index (χ0) is 13.7. The Kier molecular flexibility index (Phi) is 4.41. The van der Waals surface area contributed by atoms with E-state index in [1.165, 1.54) is 0 Å². The molecule has 2 rings (SSSR count). The molecule has 0 amide bonds. The predicted molar refractivity (Wildman–Crippen MR) is 73.3 cm³/mol. The van der Waals surface area contributed by atoms with Gasteiger partial charge >= 0.3 is 0 Å². The number of nitrogens with one attached hydrogen (secondary N) is 1. The average Bonchev–Trinajstić information content (AvgIpc) is 2.82. The molecule has 1 heterocycles. The largest absolute Gasteiger partial charge is 0.507 e. The van der Waals surface area contributed by atoms with Crippen LogP contribution in [0.5, 0.6) is 11.5 Å². The lowest BCUT2D eigenvalue weighted by Gasteiger charge is -2.07. The lowest BCUT2D eigenvalue weighted by atomic mass is 10.2. The molecule has 0 aliphatic rings. The van der Waals surface area contributed by atoms with Crippen LogP contribution in [0.15, 0.2) is 30.5 Å². The molecule has 0 bridgehead atoms. The van der Waals surface area contributed by atoms with Gasteiger partial charge in [-0.3, -0.25) is 4.68 Å². The minimum absolute atomic E-state index is 0.254. The van der Waals surface area contributed by atoms with Gasteiger partial charge in [-0.05, 0) is 12.1 Å². The first-order valence-corrected chi connectivity index (χ1v) is 6.24. The molecule has 19 heavy (non-hydrogen) atoms. The van der Waals surface area contributed by atoms with E-state index in [0.717, 1.165) is 24.2 Å². The van der Waals surface area contributed by atoms with E-state index >= 15 is 0 Å². The molecule has 1 aromatic carbocycles. The molecule has 0 radical (unpaired) electrons. The number of aryl methyl sites for hydroxylation is 1. The Hall–Kier alpha value is -2.01. The van der Waals surface area contributed by atoms with Crippen molar-refractivity contribution in [2.45, 2.75) is 13.0 Å². The van der Waals surface area contributed by atoms with Crippen molar-refractivity contribution in [2.75, 3.05) is 13.7 Å². The normalized spacial score (nSPS) is 10.6. The molecular formula is C14H19N3O2. The number of benzene rings is 1. The fraction of sp³-hybridized carbons (Fsp3) is 0.357. The van der Waals surface area contributed by atoms with Crippen LogP contribution in [0.4, 0.5) is 0 Å². The predicted octanol–water partition coefficient (Wildman–Crippen LogP) is 1.47. The van der Waals surface area contributed by atoms with E-state index in [2.05, 4.69) is 10.4 Å². The third kappa shape index (κ3) is 3.72. The van der Waals surface area contributed by atoms with Gasteiger partial charge in [0.2, 0.25) is 0 Å². The summed E-state index contributed by atoms with van der Waals surface area (Å²) < 4.78 is 6.84. The van der Waals surface area contributed by atoms with Gasteiger partial charge in [-0.2, -0.15) is 5.10 Å². The topological polar surface area (TPSA) is 59.3 Å². The van der Waals surface area contributed by atoms with Crippen LogP contribution in [0, 0.1) is 0 Å². The van der Waals surface area contributed by atoms with E-state index in [9.17, 15) is 5.11 Å². The van der Waals surface area contributed by atoms with Crippen molar-refractivity contribution in [3.05, 3.63) is 41.7 Å². The number of hydrogen-bond donors (Lipinski definition) is 2. The van der Waals surface area contributed by atoms with E-state index in [1.54, 1.807) is 17.9 Å². The Morgan fingerprint density at radius 3 is 2.84 bits per heavy atom. The highest BCUT2D eigenvalue weighted by Crippen LogP contribution is 2.22. The summed E-state index contributed by atoms with van der Waals surface area (Å²) in [6.45, 7) is 1.45. The van der Waals surface area contributed by atoms with Crippen LogP contribution in [0.1, 0.15) is 11.3 Å². The van der Waals surface area contributed by atoms with Crippen molar-refractivity contribution in [3.63, 3.8) is 0 Å². The van der Waals surface area contributed by atoms with E-state index in [0.29, 0.717) is 12.3 Å². The first kappa shape index (κ1) is 13.4. The highest BCUT2D eigenvalue weighted by atomic mass is 16.5. The molecule has 0 saturated heterocycles. The molecule has 0 atom stereocenters. The monoisotopic (exact) mass is 261 g/mol. The van der Waals surface area contributed by atoms with Gasteiger partial charge in [0.25, 0.3) is 0 Å². The minimum atomic E-state index is 0.254. The molecule has 2 N–H and O–H groups in total. The highest BCUT2D eigenvalue weighted by Gasteiger charge is 2.03. The van der Waals surface area contributed by atoms with Crippen molar-refractivity contribution in [2.24, 2.45) is 7.05 Å². The quantitative estimate of drug-likeness (QED) is 0.773. The molecule has 0 unspecified atom stereocenters. The number of phenols is 1. The lowest BCUT2D eigenvalue weighted by Crippen LogP contribution is -2.17. The molecular weight excluding hydrogens is 242 g/mol. The maximum absolute atomic E-state index is 9.81. The number of aromatic hydroxyl groups is 1. The van der Waals surface area contributed by atoms with E-state index < -0.39 is 0 Å². The zero-order valence-electron chi connectivity index (χ0n) is 11.3. The van der Waals surface area contributed by atoms with Gasteiger partial charge in [-0.15, -0.1) is 0 Å². The summed E-state index contributed by atoms with van der Waals surface area (Å²) in [5.74, 6) is 0.916. The molecule has 0 aliphatic heterocycles. The van der Waals surface area contributed by atoms with Crippen LogP contribution >= 0.6 is 0 Å². The van der Waals surface area contributed by atoms with Crippen molar-refractivity contribution >= 4 is 0 Å². The molecule has 0 aliphatic carbocycles. The second kappa shape index (κ2) is 6.24. The Morgan fingerprint density at radius 2 is 2.21 bits per heavy atom. The SMILES string of the molecule is COc1ccc(CNCCc2ccn(C)n2)c(O)c1. The third-order valence-corrected chi connectivity index (χ3v) is 2.93. The fourth-order valence-corrected chi connectivity index (χ4v) is 1.86. The molecule has 0 fully saturated rings. The van der Waals surface area contributed by atoms with E-state index in [4.69, 9.17) is 4.74 Å². The van der Waals surface area contributed by atoms with Gasteiger partial charge in [-0.1, -0.05) is 6.07 Å². The summed E-state index contributed by atoms with van der Waals surface area (Å²) in [6.07, 6.45) is 2.81. The van der Waals surface area contributed by atoms with Crippen molar-refractivity contribution in [1.29, 1.82) is 0 Å². The Morgan fingerprint density at radius 1 is 1.37 bits per heavy atom.